The number of hydrogen-bond acceptors (Lipinski definition) is 5. The summed E-state index contributed by atoms with van der Waals surface area (Å²) < 4.78 is 5.47. The average molecular weight is 380 g/mol. The topological polar surface area (TPSA) is 70.7 Å². The Morgan fingerprint density at radius 2 is 2.04 bits per heavy atom. The second kappa shape index (κ2) is 8.97. The first-order chi connectivity index (χ1) is 12.6. The van der Waals surface area contributed by atoms with E-state index in [-0.39, 0.29) is 23.9 Å². The highest BCUT2D eigenvalue weighted by atomic mass is 32.1. The molecule has 2 saturated heterocycles. The third-order valence-corrected chi connectivity index (χ3v) is 6.45. The number of likely N-dealkylation sites (tertiary alicyclic amines) is 1. The molecule has 0 radical (unpaired) electrons. The minimum atomic E-state index is -0.169. The minimum Gasteiger partial charge on any atom is -0.381 e. The number of carbonyl (C=O) groups excluding carboxylic acids is 2. The fraction of sp³-hybridized carbons (Fsp3) is 0.684. The molecule has 144 valence electrons. The van der Waals surface area contributed by atoms with E-state index in [4.69, 9.17) is 4.74 Å². The zero-order valence-electron chi connectivity index (χ0n) is 15.6. The van der Waals surface area contributed by atoms with Gasteiger partial charge < -0.3 is 15.4 Å². The molecule has 0 spiro atoms. The number of thiophene rings is 1. The fourth-order valence-corrected chi connectivity index (χ4v) is 4.73. The van der Waals surface area contributed by atoms with Crippen molar-refractivity contribution in [3.63, 3.8) is 0 Å². The SMILES string of the molecule is CCNC(=O)C1CC(NC(=O)c2ccc(CC)s2)CN1C1CCOCC1. The lowest BCUT2D eigenvalue weighted by molar-refractivity contribution is -0.126. The molecular formula is C19H29N3O3S. The van der Waals surface area contributed by atoms with Crippen molar-refractivity contribution in [3.05, 3.63) is 21.9 Å². The van der Waals surface area contributed by atoms with Crippen LogP contribution in [0.25, 0.3) is 0 Å². The Morgan fingerprint density at radius 1 is 1.27 bits per heavy atom. The van der Waals surface area contributed by atoms with Gasteiger partial charge in [-0.2, -0.15) is 0 Å². The van der Waals surface area contributed by atoms with Gasteiger partial charge in [-0.3, -0.25) is 14.5 Å². The molecule has 0 aliphatic carbocycles. The van der Waals surface area contributed by atoms with E-state index in [1.807, 2.05) is 19.1 Å². The van der Waals surface area contributed by atoms with Crippen LogP contribution >= 0.6 is 11.3 Å². The maximum atomic E-state index is 12.6. The predicted octanol–water partition coefficient (Wildman–Crippen LogP) is 1.80. The molecule has 2 aliphatic rings. The third-order valence-electron chi connectivity index (χ3n) is 5.22. The molecule has 2 atom stereocenters. The molecule has 0 bridgehead atoms. The van der Waals surface area contributed by atoms with Crippen LogP contribution in [-0.2, 0) is 16.0 Å². The van der Waals surface area contributed by atoms with Gasteiger partial charge in [0, 0.05) is 43.3 Å². The largest absolute Gasteiger partial charge is 0.381 e. The maximum Gasteiger partial charge on any atom is 0.261 e. The van der Waals surface area contributed by atoms with Crippen molar-refractivity contribution in [3.8, 4) is 0 Å². The summed E-state index contributed by atoms with van der Waals surface area (Å²) in [6, 6.07) is 4.10. The third kappa shape index (κ3) is 4.45. The molecule has 2 aliphatic heterocycles. The summed E-state index contributed by atoms with van der Waals surface area (Å²) in [5.74, 6) is 0.0447. The van der Waals surface area contributed by atoms with E-state index in [2.05, 4.69) is 22.5 Å². The molecule has 2 fully saturated rings. The lowest BCUT2D eigenvalue weighted by atomic mass is 10.1. The van der Waals surface area contributed by atoms with Gasteiger partial charge >= 0.3 is 0 Å². The van der Waals surface area contributed by atoms with Gasteiger partial charge in [0.2, 0.25) is 5.91 Å². The van der Waals surface area contributed by atoms with Crippen LogP contribution in [0.2, 0.25) is 0 Å². The lowest BCUT2D eigenvalue weighted by Crippen LogP contribution is -2.49. The van der Waals surface area contributed by atoms with Crippen molar-refractivity contribution in [1.29, 1.82) is 0 Å². The quantitative estimate of drug-likeness (QED) is 0.791. The van der Waals surface area contributed by atoms with Crippen molar-refractivity contribution in [1.82, 2.24) is 15.5 Å². The normalized spacial score (nSPS) is 24.5. The van der Waals surface area contributed by atoms with Gasteiger partial charge in [0.1, 0.15) is 0 Å². The Kier molecular flexibility index (Phi) is 6.67. The zero-order valence-corrected chi connectivity index (χ0v) is 16.4. The smallest absolute Gasteiger partial charge is 0.261 e. The number of rotatable bonds is 6. The lowest BCUT2D eigenvalue weighted by Gasteiger charge is -2.34. The van der Waals surface area contributed by atoms with Crippen LogP contribution in [0.3, 0.4) is 0 Å². The van der Waals surface area contributed by atoms with E-state index >= 15 is 0 Å². The molecule has 2 unspecified atom stereocenters. The van der Waals surface area contributed by atoms with Crippen molar-refractivity contribution in [2.45, 2.75) is 57.7 Å². The number of nitrogens with one attached hydrogen (secondary N) is 2. The number of likely N-dealkylation sites (N-methyl/N-ethyl adjacent to an activating group) is 1. The van der Waals surface area contributed by atoms with Gasteiger partial charge in [-0.1, -0.05) is 6.92 Å². The monoisotopic (exact) mass is 379 g/mol. The zero-order chi connectivity index (χ0) is 18.5. The highest BCUT2D eigenvalue weighted by Gasteiger charge is 2.41. The van der Waals surface area contributed by atoms with Crippen LogP contribution in [0.5, 0.6) is 0 Å². The molecule has 1 aromatic rings. The summed E-state index contributed by atoms with van der Waals surface area (Å²) in [7, 11) is 0. The first kappa shape index (κ1) is 19.3. The highest BCUT2D eigenvalue weighted by Crippen LogP contribution is 2.26. The summed E-state index contributed by atoms with van der Waals surface area (Å²) in [5.41, 5.74) is 0. The maximum absolute atomic E-state index is 12.6. The van der Waals surface area contributed by atoms with Crippen LogP contribution in [-0.4, -0.2) is 61.1 Å². The molecular weight excluding hydrogens is 350 g/mol. The van der Waals surface area contributed by atoms with E-state index in [9.17, 15) is 9.59 Å². The van der Waals surface area contributed by atoms with E-state index in [1.54, 1.807) is 11.3 Å². The first-order valence-electron chi connectivity index (χ1n) is 9.63. The van der Waals surface area contributed by atoms with E-state index in [0.29, 0.717) is 19.0 Å². The summed E-state index contributed by atoms with van der Waals surface area (Å²) in [5, 5.41) is 6.10. The van der Waals surface area contributed by atoms with Crippen molar-refractivity contribution >= 4 is 23.2 Å². The summed E-state index contributed by atoms with van der Waals surface area (Å²) >= 11 is 1.55. The molecule has 2 amide bonds. The van der Waals surface area contributed by atoms with Gasteiger partial charge in [0.25, 0.3) is 5.91 Å². The van der Waals surface area contributed by atoms with Crippen molar-refractivity contribution in [2.75, 3.05) is 26.3 Å². The van der Waals surface area contributed by atoms with E-state index in [0.717, 1.165) is 43.9 Å². The van der Waals surface area contributed by atoms with Crippen LogP contribution in [0, 0.1) is 0 Å². The van der Waals surface area contributed by atoms with Crippen LogP contribution in [0.1, 0.15) is 47.7 Å². The molecule has 2 N–H and O–H groups in total. The van der Waals surface area contributed by atoms with Crippen LogP contribution < -0.4 is 10.6 Å². The Balaban J connectivity index is 1.66. The molecule has 1 aromatic heterocycles. The van der Waals surface area contributed by atoms with Crippen LogP contribution in [0.15, 0.2) is 12.1 Å². The Labute approximate surface area is 159 Å². The molecule has 0 aromatic carbocycles. The van der Waals surface area contributed by atoms with Crippen LogP contribution in [0.4, 0.5) is 0 Å². The Hall–Kier alpha value is -1.44. The van der Waals surface area contributed by atoms with E-state index < -0.39 is 0 Å². The van der Waals surface area contributed by atoms with Crippen molar-refractivity contribution < 1.29 is 14.3 Å². The Bertz CT molecular complexity index is 627. The fourth-order valence-electron chi connectivity index (χ4n) is 3.88. The standard InChI is InChI=1S/C19H29N3O3S/c1-3-15-5-6-17(26-15)19(24)21-13-11-16(18(23)20-4-2)22(12-13)14-7-9-25-10-8-14/h5-6,13-14,16H,3-4,7-12H2,1-2H3,(H,20,23)(H,21,24). The Morgan fingerprint density at radius 3 is 2.69 bits per heavy atom. The summed E-state index contributed by atoms with van der Waals surface area (Å²) in [6.07, 6.45) is 3.50. The van der Waals surface area contributed by atoms with Gasteiger partial charge in [-0.25, -0.2) is 0 Å². The molecule has 26 heavy (non-hydrogen) atoms. The van der Waals surface area contributed by atoms with Gasteiger partial charge in [-0.15, -0.1) is 11.3 Å². The average Bonchev–Trinajstić information content (AvgIpc) is 3.29. The summed E-state index contributed by atoms with van der Waals surface area (Å²) in [6.45, 7) is 6.87. The molecule has 3 rings (SSSR count). The second-order valence-corrected chi connectivity index (χ2v) is 8.14. The first-order valence-corrected chi connectivity index (χ1v) is 10.4. The van der Waals surface area contributed by atoms with Gasteiger partial charge in [0.05, 0.1) is 10.9 Å². The number of carbonyl (C=O) groups is 2. The minimum absolute atomic E-state index is 0.00475. The number of hydrogen-bond donors (Lipinski definition) is 2. The van der Waals surface area contributed by atoms with Gasteiger partial charge in [-0.05, 0) is 44.7 Å². The molecule has 6 nitrogen and oxygen atoms in total. The predicted molar refractivity (Wildman–Crippen MR) is 103 cm³/mol. The van der Waals surface area contributed by atoms with Gasteiger partial charge in [0.15, 0.2) is 0 Å². The highest BCUT2D eigenvalue weighted by molar-refractivity contribution is 7.14. The number of ether oxygens (including phenoxy) is 1. The van der Waals surface area contributed by atoms with E-state index in [1.165, 1.54) is 4.88 Å². The molecule has 0 saturated carbocycles. The molecule has 7 heteroatoms. The second-order valence-electron chi connectivity index (χ2n) is 6.98. The molecule has 3 heterocycles. The van der Waals surface area contributed by atoms with Crippen molar-refractivity contribution in [2.24, 2.45) is 0 Å². The number of nitrogens with zero attached hydrogens (tertiary/aromatic N) is 1. The summed E-state index contributed by atoms with van der Waals surface area (Å²) in [4.78, 5) is 29.4. The number of amides is 2. The number of aryl methyl sites for hydroxylation is 1.